The first-order valence-corrected chi connectivity index (χ1v) is 18.0. The average molecular weight is 1030 g/mol. The molecule has 4 N–H and O–H groups in total. The lowest BCUT2D eigenvalue weighted by molar-refractivity contribution is -0.539. The van der Waals surface area contributed by atoms with Crippen molar-refractivity contribution in [1.82, 2.24) is 10.6 Å². The van der Waals surface area contributed by atoms with Gasteiger partial charge in [-0.25, -0.2) is 4.39 Å². The molecule has 0 bridgehead atoms. The van der Waals surface area contributed by atoms with Gasteiger partial charge in [-0.05, 0) is 6.92 Å². The predicted octanol–water partition coefficient (Wildman–Crippen LogP) is 7.96. The third kappa shape index (κ3) is 16.5. The van der Waals surface area contributed by atoms with Gasteiger partial charge in [-0.1, -0.05) is 0 Å². The number of ether oxygens (including phenoxy) is 4. The van der Waals surface area contributed by atoms with Crippen molar-refractivity contribution in [2.75, 3.05) is 49.3 Å². The lowest BCUT2D eigenvalue weighted by Gasteiger charge is -2.39. The van der Waals surface area contributed by atoms with E-state index in [4.69, 9.17) is 4.74 Å². The molecule has 6 atom stereocenters. The number of hydrogen-bond donors (Lipinski definition) is 4. The van der Waals surface area contributed by atoms with E-state index >= 15 is 0 Å². The molecule has 0 aliphatic heterocycles. The molecule has 0 saturated heterocycles. The van der Waals surface area contributed by atoms with Gasteiger partial charge in [-0.3, -0.25) is 14.3 Å². The number of carbonyl (C=O) groups is 2. The molecule has 6 unspecified atom stereocenters. The minimum atomic E-state index is -7.91. The molecule has 0 heterocycles. The van der Waals surface area contributed by atoms with Crippen LogP contribution >= 0.6 is 23.5 Å². The second-order valence-electron chi connectivity index (χ2n) is 12.0. The fraction of sp³-hybridized carbons (Fsp3) is 0.923. The highest BCUT2D eigenvalue weighted by molar-refractivity contribution is 7.99. The number of alkyl halides is 25. The van der Waals surface area contributed by atoms with Gasteiger partial charge >= 0.3 is 72.9 Å². The molecule has 0 radical (unpaired) electrons. The van der Waals surface area contributed by atoms with Gasteiger partial charge < -0.3 is 35.1 Å². The number of hydrogen-bond acceptors (Lipinski definition) is 10. The zero-order valence-corrected chi connectivity index (χ0v) is 31.7. The molecule has 0 rings (SSSR count). The predicted molar refractivity (Wildman–Crippen MR) is 159 cm³/mol. The first-order chi connectivity index (χ1) is 27.7. The molecule has 0 aliphatic carbocycles. The van der Waals surface area contributed by atoms with Crippen molar-refractivity contribution in [2.45, 2.75) is 97.9 Å². The number of carboxylic acids is 2. The van der Waals surface area contributed by atoms with Crippen molar-refractivity contribution >= 4 is 35.5 Å². The third-order valence-corrected chi connectivity index (χ3v) is 9.18. The summed E-state index contributed by atoms with van der Waals surface area (Å²) in [5.41, 5.74) is -5.63. The fourth-order valence-corrected chi connectivity index (χ4v) is 5.32. The van der Waals surface area contributed by atoms with E-state index in [0.717, 1.165) is 0 Å². The number of aliphatic carboxylic acids is 2. The van der Waals surface area contributed by atoms with Crippen LogP contribution < -0.4 is 10.6 Å². The minimum absolute atomic E-state index is 0.260. The average Bonchev–Trinajstić information content (AvgIpc) is 3.05. The maximum absolute atomic E-state index is 14.3. The van der Waals surface area contributed by atoms with Crippen LogP contribution in [-0.2, 0) is 28.5 Å². The first kappa shape index (κ1) is 60.6. The van der Waals surface area contributed by atoms with Crippen LogP contribution in [-0.4, -0.2) is 162 Å². The molecule has 0 saturated carbocycles. The second kappa shape index (κ2) is 21.5. The molecular weight excluding hydrogens is 1010 g/mol. The first-order valence-electron chi connectivity index (χ1n) is 15.7. The largest absolute Gasteiger partial charge is 0.480 e. The highest BCUT2D eigenvalue weighted by Crippen LogP contribution is 2.55. The molecule has 0 aliphatic rings. The van der Waals surface area contributed by atoms with Crippen molar-refractivity contribution in [2.24, 2.45) is 0 Å². The van der Waals surface area contributed by atoms with Crippen LogP contribution in [0.15, 0.2) is 0 Å². The minimum Gasteiger partial charge on any atom is -0.480 e. The van der Waals surface area contributed by atoms with Crippen molar-refractivity contribution < 1.29 is 149 Å². The van der Waals surface area contributed by atoms with E-state index in [0.29, 0.717) is 23.5 Å². The van der Waals surface area contributed by atoms with Crippen molar-refractivity contribution in [1.29, 1.82) is 0 Å². The lowest BCUT2D eigenvalue weighted by atomic mass is 10.1. The monoisotopic (exact) mass is 1030 g/mol. The molecule has 0 amide bonds. The van der Waals surface area contributed by atoms with Crippen LogP contribution in [0.5, 0.6) is 0 Å². The molecular formula is C26H27F25N2O8S2. The van der Waals surface area contributed by atoms with Crippen molar-refractivity contribution in [3.8, 4) is 0 Å². The van der Waals surface area contributed by atoms with Crippen molar-refractivity contribution in [3.63, 3.8) is 0 Å². The highest BCUT2D eigenvalue weighted by atomic mass is 32.2. The zero-order valence-electron chi connectivity index (χ0n) is 30.1. The summed E-state index contributed by atoms with van der Waals surface area (Å²) in [6, 6.07) is -4.41. The summed E-state index contributed by atoms with van der Waals surface area (Å²) in [4.78, 5) is 22.8. The summed E-state index contributed by atoms with van der Waals surface area (Å²) in [7, 11) is 0. The lowest BCUT2D eigenvalue weighted by Crippen LogP contribution is -2.66. The summed E-state index contributed by atoms with van der Waals surface area (Å²) in [6.07, 6.45) is -64.3. The molecule has 0 aromatic rings. The molecule has 0 aromatic carbocycles. The van der Waals surface area contributed by atoms with E-state index in [9.17, 15) is 130 Å². The smallest absolute Gasteiger partial charge is 0.462 e. The Kier molecular flexibility index (Phi) is 20.7. The van der Waals surface area contributed by atoms with E-state index < -0.39 is 148 Å². The topological polar surface area (TPSA) is 136 Å². The second-order valence-corrected chi connectivity index (χ2v) is 14.3. The molecule has 376 valence electrons. The van der Waals surface area contributed by atoms with Crippen molar-refractivity contribution in [3.05, 3.63) is 0 Å². The summed E-state index contributed by atoms with van der Waals surface area (Å²) in [5.74, 6) is -22.1. The Morgan fingerprint density at radius 3 is 1.16 bits per heavy atom. The highest BCUT2D eigenvalue weighted by Gasteiger charge is 2.84. The number of thioether (sulfide) groups is 2. The summed E-state index contributed by atoms with van der Waals surface area (Å²) in [5, 5.41) is 21.2. The van der Waals surface area contributed by atoms with Crippen LogP contribution in [0.3, 0.4) is 0 Å². The van der Waals surface area contributed by atoms with Gasteiger partial charge in [0.15, 0.2) is 12.2 Å². The number of carboxylic acid groups (broad SMARTS) is 2. The molecule has 0 fully saturated rings. The quantitative estimate of drug-likeness (QED) is 0.0470. The number of rotatable bonds is 27. The number of nitrogens with one attached hydrogen (secondary N) is 2. The van der Waals surface area contributed by atoms with Crippen LogP contribution in [0.4, 0.5) is 110 Å². The van der Waals surface area contributed by atoms with E-state index in [1.807, 2.05) is 0 Å². The SMILES string of the molecule is CC(F)(C(F)(F)F)C(F)(F)OC(CNC(CSCCOCCSCC(NCC(OC(F)(F)C(F)(OC(F)(F)C(F)(F)C(F)(F)F)C(F)(F)F)C(F)(F)F)C(=O)O)C(=O)O)C(F)(F)F. The molecule has 63 heavy (non-hydrogen) atoms. The van der Waals surface area contributed by atoms with E-state index in [2.05, 4.69) is 9.47 Å². The summed E-state index contributed by atoms with van der Waals surface area (Å²) in [6.45, 7) is -6.05. The Hall–Kier alpha value is -2.35. The summed E-state index contributed by atoms with van der Waals surface area (Å²) < 4.78 is 343. The van der Waals surface area contributed by atoms with E-state index in [1.54, 1.807) is 5.32 Å². The fourth-order valence-electron chi connectivity index (χ4n) is 3.52. The van der Waals surface area contributed by atoms with E-state index in [1.165, 1.54) is 10.1 Å². The Balaban J connectivity index is 5.37. The van der Waals surface area contributed by atoms with Gasteiger partial charge in [0.25, 0.3) is 5.67 Å². The maximum atomic E-state index is 14.3. The van der Waals surface area contributed by atoms with Gasteiger partial charge in [0.1, 0.15) is 12.1 Å². The normalized spacial score (nSPS) is 18.3. The maximum Gasteiger partial charge on any atom is 0.462 e. The van der Waals surface area contributed by atoms with Crippen LogP contribution in [0, 0.1) is 0 Å². The van der Waals surface area contributed by atoms with Crippen LogP contribution in [0.25, 0.3) is 0 Å². The zero-order chi connectivity index (χ0) is 50.3. The number of halogens is 25. The summed E-state index contributed by atoms with van der Waals surface area (Å²) >= 11 is 0.976. The van der Waals surface area contributed by atoms with Gasteiger partial charge in [0, 0.05) is 36.1 Å². The van der Waals surface area contributed by atoms with Gasteiger partial charge in [0.05, 0.1) is 13.2 Å². The Morgan fingerprint density at radius 2 is 0.873 bits per heavy atom. The Bertz CT molecular complexity index is 1460. The Morgan fingerprint density at radius 1 is 0.524 bits per heavy atom. The molecule has 10 nitrogen and oxygen atoms in total. The van der Waals surface area contributed by atoms with Crippen LogP contribution in [0.1, 0.15) is 6.92 Å². The Labute approximate surface area is 342 Å². The van der Waals surface area contributed by atoms with E-state index in [-0.39, 0.29) is 11.5 Å². The van der Waals surface area contributed by atoms with Gasteiger partial charge in [-0.2, -0.15) is 129 Å². The van der Waals surface area contributed by atoms with Gasteiger partial charge in [-0.15, -0.1) is 0 Å². The van der Waals surface area contributed by atoms with Crippen LogP contribution in [0.2, 0.25) is 0 Å². The molecule has 0 spiro atoms. The third-order valence-electron chi connectivity index (χ3n) is 7.13. The standard InChI is InChI=1S/C26H27F25N2O8S2/c1-16(27,21(37,38)39)24(46,47)59-12(17(28,29)30)6-52-10(14(54)55)8-62-4-2-58-3-5-63-9-11(15(56)57)53-7-13(18(31,32)33)60-26(50,51)20(36,23(43,44)45)61-25(48,49)19(34,35)22(40,41)42/h10-13,52-53H,2-9H2,1H3,(H,54,55)(H,56,57). The molecule has 37 heteroatoms. The molecule has 0 aromatic heterocycles. The van der Waals surface area contributed by atoms with Gasteiger partial charge in [0.2, 0.25) is 0 Å².